The number of carbonyl (C=O) groups is 1. The van der Waals surface area contributed by atoms with Crippen molar-refractivity contribution in [3.63, 3.8) is 0 Å². The molecule has 1 aliphatic heterocycles. The topological polar surface area (TPSA) is 51.0 Å². The van der Waals surface area contributed by atoms with Crippen molar-refractivity contribution in [2.24, 2.45) is 7.05 Å². The Kier molecular flexibility index (Phi) is 5.42. The average molecular weight is 413 g/mol. The maximum Gasteiger partial charge on any atom is 0.236 e. The van der Waals surface area contributed by atoms with Gasteiger partial charge in [0.25, 0.3) is 0 Å². The van der Waals surface area contributed by atoms with Crippen LogP contribution in [0.2, 0.25) is 5.02 Å². The van der Waals surface area contributed by atoms with E-state index >= 15 is 0 Å². The molecule has 0 aliphatic carbocycles. The van der Waals surface area contributed by atoms with Gasteiger partial charge in [-0.25, -0.2) is 0 Å². The summed E-state index contributed by atoms with van der Waals surface area (Å²) in [6.07, 6.45) is 0.907. The van der Waals surface area contributed by atoms with Crippen LogP contribution in [0.4, 0.5) is 0 Å². The van der Waals surface area contributed by atoms with Gasteiger partial charge in [-0.05, 0) is 48.7 Å². The summed E-state index contributed by atoms with van der Waals surface area (Å²) in [7, 11) is 1.92. The summed E-state index contributed by atoms with van der Waals surface area (Å²) in [5.74, 6) is 0.890. The summed E-state index contributed by atoms with van der Waals surface area (Å²) in [5.41, 5.74) is 3.52. The van der Waals surface area contributed by atoms with Gasteiger partial charge in [0.15, 0.2) is 11.0 Å². The first-order chi connectivity index (χ1) is 13.5. The first-order valence-corrected chi connectivity index (χ1v) is 10.5. The second-order valence-electron chi connectivity index (χ2n) is 6.91. The van der Waals surface area contributed by atoms with Crippen molar-refractivity contribution >= 4 is 29.3 Å². The van der Waals surface area contributed by atoms with Crippen LogP contribution in [0.15, 0.2) is 53.7 Å². The summed E-state index contributed by atoms with van der Waals surface area (Å²) in [4.78, 5) is 14.9. The number of fused-ring (bicyclic) bond motifs is 1. The molecule has 0 radical (unpaired) electrons. The van der Waals surface area contributed by atoms with Gasteiger partial charge in [-0.3, -0.25) is 4.79 Å². The predicted octanol–water partition coefficient (Wildman–Crippen LogP) is 4.20. The van der Waals surface area contributed by atoms with Crippen molar-refractivity contribution in [2.75, 3.05) is 6.54 Å². The smallest absolute Gasteiger partial charge is 0.236 e. The number of carbonyl (C=O) groups excluding carboxylic acids is 1. The Morgan fingerprint density at radius 2 is 1.82 bits per heavy atom. The van der Waals surface area contributed by atoms with Crippen molar-refractivity contribution < 1.29 is 4.79 Å². The van der Waals surface area contributed by atoms with E-state index in [9.17, 15) is 4.79 Å². The van der Waals surface area contributed by atoms with Gasteiger partial charge in [-0.1, -0.05) is 47.6 Å². The Hall–Kier alpha value is -2.31. The monoisotopic (exact) mass is 412 g/mol. The molecule has 0 saturated heterocycles. The highest BCUT2D eigenvalue weighted by Gasteiger charge is 2.26. The molecule has 3 aromatic rings. The molecule has 144 valence electrons. The van der Waals surface area contributed by atoms with Gasteiger partial charge in [0, 0.05) is 30.7 Å². The Bertz CT molecular complexity index is 1000. The van der Waals surface area contributed by atoms with Crippen LogP contribution in [0.3, 0.4) is 0 Å². The lowest BCUT2D eigenvalue weighted by molar-refractivity contribution is -0.131. The molecule has 0 N–H and O–H groups in total. The molecule has 28 heavy (non-hydrogen) atoms. The van der Waals surface area contributed by atoms with Crippen LogP contribution in [0.25, 0.3) is 11.4 Å². The number of aromatic nitrogens is 3. The number of benzene rings is 2. The Morgan fingerprint density at radius 3 is 2.57 bits per heavy atom. The predicted molar refractivity (Wildman–Crippen MR) is 112 cm³/mol. The van der Waals surface area contributed by atoms with Crippen LogP contribution in [0.5, 0.6) is 0 Å². The van der Waals surface area contributed by atoms with Gasteiger partial charge >= 0.3 is 0 Å². The van der Waals surface area contributed by atoms with E-state index in [2.05, 4.69) is 28.4 Å². The van der Waals surface area contributed by atoms with Gasteiger partial charge in [-0.2, -0.15) is 0 Å². The number of halogens is 1. The zero-order valence-electron chi connectivity index (χ0n) is 15.8. The van der Waals surface area contributed by atoms with E-state index in [1.807, 2.05) is 53.8 Å². The third-order valence-electron chi connectivity index (χ3n) is 5.01. The quantitative estimate of drug-likeness (QED) is 0.602. The molecule has 0 saturated carbocycles. The molecule has 2 aromatic carbocycles. The molecule has 0 fully saturated rings. The van der Waals surface area contributed by atoms with E-state index < -0.39 is 0 Å². The second-order valence-corrected chi connectivity index (χ2v) is 8.66. The minimum atomic E-state index is -0.230. The Morgan fingerprint density at radius 1 is 1.11 bits per heavy atom. The molecule has 2 heterocycles. The van der Waals surface area contributed by atoms with Gasteiger partial charge in [0.2, 0.25) is 5.91 Å². The summed E-state index contributed by atoms with van der Waals surface area (Å²) in [5, 5.41) is 9.76. The maximum absolute atomic E-state index is 13.0. The van der Waals surface area contributed by atoms with E-state index in [1.54, 1.807) is 0 Å². The zero-order valence-corrected chi connectivity index (χ0v) is 17.4. The molecule has 1 atom stereocenters. The molecule has 5 nitrogen and oxygen atoms in total. The molecular weight excluding hydrogens is 392 g/mol. The standard InChI is InChI=1S/C21H21ClN4OS/c1-14(20(27)26-12-11-15-5-3-4-6-17(15)13-26)28-21-24-23-19(25(21)2)16-7-9-18(22)10-8-16/h3-10,14H,11-13H2,1-2H3/t14-/m1/s1. The number of hydrogen-bond acceptors (Lipinski definition) is 4. The highest BCUT2D eigenvalue weighted by molar-refractivity contribution is 8.00. The lowest BCUT2D eigenvalue weighted by Gasteiger charge is -2.30. The molecule has 0 unspecified atom stereocenters. The summed E-state index contributed by atoms with van der Waals surface area (Å²) in [6.45, 7) is 3.37. The lowest BCUT2D eigenvalue weighted by atomic mass is 10.00. The fourth-order valence-electron chi connectivity index (χ4n) is 3.42. The zero-order chi connectivity index (χ0) is 19.7. The first-order valence-electron chi connectivity index (χ1n) is 9.20. The van der Waals surface area contributed by atoms with Crippen molar-refractivity contribution in [1.82, 2.24) is 19.7 Å². The molecule has 1 aliphatic rings. The number of amides is 1. The second kappa shape index (κ2) is 7.97. The van der Waals surface area contributed by atoms with E-state index in [4.69, 9.17) is 11.6 Å². The van der Waals surface area contributed by atoms with Gasteiger partial charge in [0.1, 0.15) is 0 Å². The summed E-state index contributed by atoms with van der Waals surface area (Å²) >= 11 is 7.41. The molecule has 1 aromatic heterocycles. The van der Waals surface area contributed by atoms with Crippen molar-refractivity contribution in [2.45, 2.75) is 30.3 Å². The third-order valence-corrected chi connectivity index (χ3v) is 6.38. The van der Waals surface area contributed by atoms with E-state index in [0.717, 1.165) is 29.5 Å². The molecular formula is C21H21ClN4OS. The average Bonchev–Trinajstić information content (AvgIpc) is 3.08. The number of nitrogens with zero attached hydrogens (tertiary/aromatic N) is 4. The van der Waals surface area contributed by atoms with Crippen LogP contribution in [-0.4, -0.2) is 37.4 Å². The fraction of sp³-hybridized carbons (Fsp3) is 0.286. The molecule has 7 heteroatoms. The normalized spacial score (nSPS) is 14.6. The van der Waals surface area contributed by atoms with Crippen LogP contribution < -0.4 is 0 Å². The van der Waals surface area contributed by atoms with Crippen LogP contribution in [-0.2, 0) is 24.8 Å². The van der Waals surface area contributed by atoms with Crippen LogP contribution in [0, 0.1) is 0 Å². The highest BCUT2D eigenvalue weighted by Crippen LogP contribution is 2.28. The third kappa shape index (κ3) is 3.80. The Balaban J connectivity index is 1.46. The molecule has 1 amide bonds. The molecule has 4 rings (SSSR count). The van der Waals surface area contributed by atoms with Crippen LogP contribution >= 0.6 is 23.4 Å². The fourth-order valence-corrected chi connectivity index (χ4v) is 4.44. The molecule has 0 bridgehead atoms. The van der Waals surface area contributed by atoms with Crippen molar-refractivity contribution in [3.05, 3.63) is 64.7 Å². The molecule has 0 spiro atoms. The summed E-state index contributed by atoms with van der Waals surface area (Å²) < 4.78 is 1.92. The Labute approximate surface area is 173 Å². The van der Waals surface area contributed by atoms with Crippen LogP contribution in [0.1, 0.15) is 18.1 Å². The minimum absolute atomic E-state index is 0.135. The van der Waals surface area contributed by atoms with E-state index in [0.29, 0.717) is 11.6 Å². The first kappa shape index (κ1) is 19.0. The van der Waals surface area contributed by atoms with Crippen molar-refractivity contribution in [3.8, 4) is 11.4 Å². The lowest BCUT2D eigenvalue weighted by Crippen LogP contribution is -2.40. The van der Waals surface area contributed by atoms with E-state index in [1.165, 1.54) is 22.9 Å². The van der Waals surface area contributed by atoms with Crippen molar-refractivity contribution in [1.29, 1.82) is 0 Å². The minimum Gasteiger partial charge on any atom is -0.337 e. The largest absolute Gasteiger partial charge is 0.337 e. The van der Waals surface area contributed by atoms with E-state index in [-0.39, 0.29) is 11.2 Å². The SMILES string of the molecule is C[C@@H](Sc1nnc(-c2ccc(Cl)cc2)n1C)C(=O)N1CCc2ccccc2C1. The van der Waals surface area contributed by atoms with Gasteiger partial charge in [-0.15, -0.1) is 10.2 Å². The number of hydrogen-bond donors (Lipinski definition) is 0. The highest BCUT2D eigenvalue weighted by atomic mass is 35.5. The van der Waals surface area contributed by atoms with Gasteiger partial charge in [0.05, 0.1) is 5.25 Å². The number of rotatable bonds is 4. The number of thioether (sulfide) groups is 1. The maximum atomic E-state index is 13.0. The summed E-state index contributed by atoms with van der Waals surface area (Å²) in [6, 6.07) is 15.8. The van der Waals surface area contributed by atoms with Gasteiger partial charge < -0.3 is 9.47 Å².